The number of para-hydroxylation sites is 1. The van der Waals surface area contributed by atoms with Crippen molar-refractivity contribution in [2.75, 3.05) is 24.9 Å². The van der Waals surface area contributed by atoms with E-state index in [1.807, 2.05) is 0 Å². The zero-order valence-corrected chi connectivity index (χ0v) is 14.8. The Morgan fingerprint density at radius 1 is 1.00 bits per heavy atom. The van der Waals surface area contributed by atoms with E-state index in [2.05, 4.69) is 15.6 Å². The quantitative estimate of drug-likeness (QED) is 0.682. The lowest BCUT2D eigenvalue weighted by molar-refractivity contribution is 0.102. The number of benzene rings is 2. The largest absolute Gasteiger partial charge is 0.497 e. The molecule has 1 aromatic heterocycles. The summed E-state index contributed by atoms with van der Waals surface area (Å²) in [5, 5.41) is 5.68. The number of hydrogen-bond donors (Lipinski definition) is 2. The van der Waals surface area contributed by atoms with Crippen LogP contribution in [-0.4, -0.2) is 25.1 Å². The van der Waals surface area contributed by atoms with Gasteiger partial charge in [0.05, 0.1) is 43.0 Å². The third-order valence-corrected chi connectivity index (χ3v) is 3.81. The van der Waals surface area contributed by atoms with E-state index in [9.17, 15) is 9.18 Å². The number of carbonyl (C=O) groups excluding carboxylic acids is 1. The molecule has 0 aliphatic rings. The van der Waals surface area contributed by atoms with Crippen LogP contribution in [0.5, 0.6) is 11.5 Å². The van der Waals surface area contributed by atoms with Crippen LogP contribution in [0.25, 0.3) is 0 Å². The second kappa shape index (κ2) is 8.18. The van der Waals surface area contributed by atoms with E-state index in [0.717, 1.165) is 0 Å². The van der Waals surface area contributed by atoms with Gasteiger partial charge >= 0.3 is 0 Å². The van der Waals surface area contributed by atoms with Crippen LogP contribution in [0.15, 0.2) is 60.9 Å². The molecule has 7 heteroatoms. The fourth-order valence-electron chi connectivity index (χ4n) is 2.46. The molecule has 0 unspecified atom stereocenters. The summed E-state index contributed by atoms with van der Waals surface area (Å²) in [6, 6.07) is 12.9. The zero-order chi connectivity index (χ0) is 19.2. The van der Waals surface area contributed by atoms with Gasteiger partial charge in [0, 0.05) is 12.3 Å². The third-order valence-electron chi connectivity index (χ3n) is 3.81. The number of hydrogen-bond acceptors (Lipinski definition) is 5. The van der Waals surface area contributed by atoms with Gasteiger partial charge in [-0.3, -0.25) is 9.78 Å². The summed E-state index contributed by atoms with van der Waals surface area (Å²) in [6.45, 7) is 0. The molecular weight excluding hydrogens is 349 g/mol. The van der Waals surface area contributed by atoms with Crippen molar-refractivity contribution in [3.05, 3.63) is 72.3 Å². The standard InChI is InChI=1S/C20H18FN3O3/c1-26-15-7-8-19(27-2)18(10-15)24-20(25)13-9-14(12-22-11-13)23-17-6-4-3-5-16(17)21/h3-12,23H,1-2H3,(H,24,25). The van der Waals surface area contributed by atoms with E-state index in [0.29, 0.717) is 34.1 Å². The predicted molar refractivity (Wildman–Crippen MR) is 101 cm³/mol. The van der Waals surface area contributed by atoms with Gasteiger partial charge in [-0.25, -0.2) is 4.39 Å². The number of carbonyl (C=O) groups is 1. The maximum atomic E-state index is 13.8. The Kier molecular flexibility index (Phi) is 5.51. The molecule has 0 aliphatic carbocycles. The van der Waals surface area contributed by atoms with Gasteiger partial charge in [-0.1, -0.05) is 12.1 Å². The van der Waals surface area contributed by atoms with Crippen LogP contribution in [-0.2, 0) is 0 Å². The number of rotatable bonds is 6. The summed E-state index contributed by atoms with van der Waals surface area (Å²) >= 11 is 0. The summed E-state index contributed by atoms with van der Waals surface area (Å²) in [5.41, 5.74) is 1.56. The van der Waals surface area contributed by atoms with Gasteiger partial charge in [0.15, 0.2) is 0 Å². The number of pyridine rings is 1. The van der Waals surface area contributed by atoms with Crippen LogP contribution in [0.1, 0.15) is 10.4 Å². The number of halogens is 1. The second-order valence-electron chi connectivity index (χ2n) is 5.59. The normalized spacial score (nSPS) is 10.2. The summed E-state index contributed by atoms with van der Waals surface area (Å²) in [5.74, 6) is 0.302. The molecule has 0 saturated carbocycles. The minimum absolute atomic E-state index is 0.298. The molecule has 138 valence electrons. The monoisotopic (exact) mass is 367 g/mol. The SMILES string of the molecule is COc1ccc(OC)c(NC(=O)c2cncc(Nc3ccccc3F)c2)c1. The number of ether oxygens (including phenoxy) is 2. The Bertz CT molecular complexity index is 963. The highest BCUT2D eigenvalue weighted by Gasteiger charge is 2.12. The van der Waals surface area contributed by atoms with Crippen LogP contribution >= 0.6 is 0 Å². The summed E-state index contributed by atoms with van der Waals surface area (Å²) in [7, 11) is 3.05. The van der Waals surface area contributed by atoms with Crippen LogP contribution in [0.4, 0.5) is 21.5 Å². The molecule has 0 bridgehead atoms. The van der Waals surface area contributed by atoms with Gasteiger partial charge in [0.2, 0.25) is 0 Å². The lowest BCUT2D eigenvalue weighted by atomic mass is 10.2. The van der Waals surface area contributed by atoms with Crippen molar-refractivity contribution in [1.29, 1.82) is 0 Å². The second-order valence-corrected chi connectivity index (χ2v) is 5.59. The summed E-state index contributed by atoms with van der Waals surface area (Å²) in [6.07, 6.45) is 2.93. The fourth-order valence-corrected chi connectivity index (χ4v) is 2.46. The van der Waals surface area contributed by atoms with E-state index >= 15 is 0 Å². The minimum Gasteiger partial charge on any atom is -0.497 e. The maximum absolute atomic E-state index is 13.8. The molecule has 0 atom stereocenters. The Morgan fingerprint density at radius 2 is 1.81 bits per heavy atom. The molecule has 3 rings (SSSR count). The molecule has 0 aliphatic heterocycles. The minimum atomic E-state index is -0.395. The first kappa shape index (κ1) is 18.2. The Hall–Kier alpha value is -3.61. The molecule has 0 saturated heterocycles. The highest BCUT2D eigenvalue weighted by atomic mass is 19.1. The van der Waals surface area contributed by atoms with Crippen LogP contribution in [0, 0.1) is 5.82 Å². The van der Waals surface area contributed by atoms with Gasteiger partial charge in [-0.15, -0.1) is 0 Å². The van der Waals surface area contributed by atoms with Crippen molar-refractivity contribution >= 4 is 23.0 Å². The lowest BCUT2D eigenvalue weighted by Crippen LogP contribution is -2.13. The molecule has 0 spiro atoms. The van der Waals surface area contributed by atoms with Crippen LogP contribution in [0.2, 0.25) is 0 Å². The maximum Gasteiger partial charge on any atom is 0.257 e. The number of nitrogens with one attached hydrogen (secondary N) is 2. The molecule has 27 heavy (non-hydrogen) atoms. The molecule has 0 fully saturated rings. The van der Waals surface area contributed by atoms with Crippen LogP contribution in [0.3, 0.4) is 0 Å². The van der Waals surface area contributed by atoms with Crippen molar-refractivity contribution in [2.45, 2.75) is 0 Å². The molecule has 1 amide bonds. The number of methoxy groups -OCH3 is 2. The summed E-state index contributed by atoms with van der Waals surface area (Å²) in [4.78, 5) is 16.7. The Morgan fingerprint density at radius 3 is 2.56 bits per heavy atom. The third kappa shape index (κ3) is 4.33. The topological polar surface area (TPSA) is 72.5 Å². The van der Waals surface area contributed by atoms with E-state index in [1.165, 1.54) is 32.7 Å². The number of anilines is 3. The van der Waals surface area contributed by atoms with Crippen molar-refractivity contribution in [2.24, 2.45) is 0 Å². The first-order valence-corrected chi connectivity index (χ1v) is 8.10. The van der Waals surface area contributed by atoms with E-state index in [4.69, 9.17) is 9.47 Å². The molecule has 3 aromatic rings. The Balaban J connectivity index is 1.81. The number of nitrogens with zero attached hydrogens (tertiary/aromatic N) is 1. The van der Waals surface area contributed by atoms with Gasteiger partial charge < -0.3 is 20.1 Å². The molecule has 6 nitrogen and oxygen atoms in total. The fraction of sp³-hybridized carbons (Fsp3) is 0.100. The van der Waals surface area contributed by atoms with E-state index < -0.39 is 5.82 Å². The van der Waals surface area contributed by atoms with Crippen molar-refractivity contribution in [1.82, 2.24) is 4.98 Å². The smallest absolute Gasteiger partial charge is 0.257 e. The van der Waals surface area contributed by atoms with Gasteiger partial charge in [-0.2, -0.15) is 0 Å². The van der Waals surface area contributed by atoms with Crippen molar-refractivity contribution < 1.29 is 18.7 Å². The Labute approximate surface area is 156 Å². The molecule has 1 heterocycles. The van der Waals surface area contributed by atoms with Crippen molar-refractivity contribution in [3.8, 4) is 11.5 Å². The lowest BCUT2D eigenvalue weighted by Gasteiger charge is -2.12. The van der Waals surface area contributed by atoms with E-state index in [1.54, 1.807) is 42.5 Å². The number of amides is 1. The number of aromatic nitrogens is 1. The first-order chi connectivity index (χ1) is 13.1. The molecule has 2 N–H and O–H groups in total. The molecular formula is C20H18FN3O3. The van der Waals surface area contributed by atoms with Crippen LogP contribution < -0.4 is 20.1 Å². The summed E-state index contributed by atoms with van der Waals surface area (Å²) < 4.78 is 24.2. The average molecular weight is 367 g/mol. The van der Waals surface area contributed by atoms with Gasteiger partial charge in [0.25, 0.3) is 5.91 Å². The molecule has 0 radical (unpaired) electrons. The van der Waals surface area contributed by atoms with Crippen molar-refractivity contribution in [3.63, 3.8) is 0 Å². The first-order valence-electron chi connectivity index (χ1n) is 8.10. The highest BCUT2D eigenvalue weighted by Crippen LogP contribution is 2.29. The van der Waals surface area contributed by atoms with Gasteiger partial charge in [-0.05, 0) is 30.3 Å². The van der Waals surface area contributed by atoms with E-state index in [-0.39, 0.29) is 5.91 Å². The van der Waals surface area contributed by atoms with Gasteiger partial charge in [0.1, 0.15) is 17.3 Å². The molecule has 2 aromatic carbocycles. The predicted octanol–water partition coefficient (Wildman–Crippen LogP) is 4.23. The zero-order valence-electron chi connectivity index (χ0n) is 14.8. The highest BCUT2D eigenvalue weighted by molar-refractivity contribution is 6.05. The average Bonchev–Trinajstić information content (AvgIpc) is 2.70.